The standard InChI is InChI=1S/C16H27N5O2S/c1-4-23-14-11-12(2)18-16(19-14)21-8-6-20(7-9-21)15(22)13(17)5-10-24-3/h11,13H,4-10,17H2,1-3H3. The summed E-state index contributed by atoms with van der Waals surface area (Å²) in [6, 6.07) is 1.43. The number of ether oxygens (including phenoxy) is 1. The Morgan fingerprint density at radius 2 is 2.08 bits per heavy atom. The van der Waals surface area contributed by atoms with Crippen LogP contribution in [-0.2, 0) is 4.79 Å². The molecule has 1 amide bonds. The van der Waals surface area contributed by atoms with Gasteiger partial charge >= 0.3 is 0 Å². The summed E-state index contributed by atoms with van der Waals surface area (Å²) in [7, 11) is 0. The quantitative estimate of drug-likeness (QED) is 0.780. The van der Waals surface area contributed by atoms with Gasteiger partial charge in [0.2, 0.25) is 17.7 Å². The van der Waals surface area contributed by atoms with Gasteiger partial charge in [0.1, 0.15) is 0 Å². The van der Waals surface area contributed by atoms with Crippen LogP contribution in [0.2, 0.25) is 0 Å². The first-order valence-electron chi connectivity index (χ1n) is 8.32. The van der Waals surface area contributed by atoms with E-state index in [4.69, 9.17) is 10.5 Å². The first-order valence-corrected chi connectivity index (χ1v) is 9.71. The molecule has 0 aromatic carbocycles. The van der Waals surface area contributed by atoms with E-state index in [0.29, 0.717) is 44.6 Å². The number of anilines is 1. The third-order valence-corrected chi connectivity index (χ3v) is 4.58. The first-order chi connectivity index (χ1) is 11.5. The third kappa shape index (κ3) is 4.98. The van der Waals surface area contributed by atoms with Gasteiger partial charge in [-0.3, -0.25) is 4.79 Å². The molecule has 0 spiro atoms. The molecule has 1 atom stereocenters. The molecule has 1 aliphatic rings. The molecule has 0 radical (unpaired) electrons. The molecule has 8 heteroatoms. The van der Waals surface area contributed by atoms with Crippen LogP contribution in [0.15, 0.2) is 6.07 Å². The predicted octanol–water partition coefficient (Wildman–Crippen LogP) is 0.913. The molecule has 2 rings (SSSR count). The number of hydrogen-bond acceptors (Lipinski definition) is 7. The monoisotopic (exact) mass is 353 g/mol. The number of piperazine rings is 1. The highest BCUT2D eigenvalue weighted by molar-refractivity contribution is 7.98. The lowest BCUT2D eigenvalue weighted by Gasteiger charge is -2.36. The molecular weight excluding hydrogens is 326 g/mol. The van der Waals surface area contributed by atoms with Crippen LogP contribution in [0, 0.1) is 6.92 Å². The van der Waals surface area contributed by atoms with Gasteiger partial charge in [-0.25, -0.2) is 4.98 Å². The topological polar surface area (TPSA) is 84.6 Å². The second kappa shape index (κ2) is 9.08. The van der Waals surface area contributed by atoms with Gasteiger partial charge in [0.15, 0.2) is 0 Å². The van der Waals surface area contributed by atoms with Gasteiger partial charge in [-0.15, -0.1) is 0 Å². The molecule has 2 heterocycles. The van der Waals surface area contributed by atoms with Crippen molar-refractivity contribution in [1.82, 2.24) is 14.9 Å². The van der Waals surface area contributed by atoms with Crippen molar-refractivity contribution < 1.29 is 9.53 Å². The highest BCUT2D eigenvalue weighted by Crippen LogP contribution is 2.17. The van der Waals surface area contributed by atoms with Crippen molar-refractivity contribution in [3.63, 3.8) is 0 Å². The molecule has 1 saturated heterocycles. The van der Waals surface area contributed by atoms with Gasteiger partial charge in [0.05, 0.1) is 12.6 Å². The minimum Gasteiger partial charge on any atom is -0.478 e. The number of rotatable bonds is 7. The molecule has 1 aliphatic heterocycles. The van der Waals surface area contributed by atoms with Gasteiger partial charge in [0, 0.05) is 37.9 Å². The van der Waals surface area contributed by atoms with E-state index in [1.807, 2.05) is 31.1 Å². The lowest BCUT2D eigenvalue weighted by atomic mass is 10.2. The zero-order chi connectivity index (χ0) is 17.5. The Kier molecular flexibility index (Phi) is 7.11. The SMILES string of the molecule is CCOc1cc(C)nc(N2CCN(C(=O)C(N)CCSC)CC2)n1. The lowest BCUT2D eigenvalue weighted by Crippen LogP contribution is -2.53. The summed E-state index contributed by atoms with van der Waals surface area (Å²) in [5, 5.41) is 0. The molecule has 1 fully saturated rings. The van der Waals surface area contributed by atoms with E-state index in [0.717, 1.165) is 17.9 Å². The van der Waals surface area contributed by atoms with Crippen LogP contribution in [0.3, 0.4) is 0 Å². The van der Waals surface area contributed by atoms with E-state index in [1.165, 1.54) is 0 Å². The molecule has 0 bridgehead atoms. The summed E-state index contributed by atoms with van der Waals surface area (Å²) in [5.41, 5.74) is 6.87. The van der Waals surface area contributed by atoms with E-state index in [2.05, 4.69) is 14.9 Å². The van der Waals surface area contributed by atoms with Crippen LogP contribution >= 0.6 is 11.8 Å². The van der Waals surface area contributed by atoms with Crippen molar-refractivity contribution in [2.75, 3.05) is 49.7 Å². The van der Waals surface area contributed by atoms with Gasteiger partial charge in [0.25, 0.3) is 0 Å². The Hall–Kier alpha value is -1.54. The van der Waals surface area contributed by atoms with Crippen LogP contribution in [0.25, 0.3) is 0 Å². The van der Waals surface area contributed by atoms with Crippen molar-refractivity contribution in [1.29, 1.82) is 0 Å². The second-order valence-electron chi connectivity index (χ2n) is 5.78. The van der Waals surface area contributed by atoms with Crippen LogP contribution < -0.4 is 15.4 Å². The lowest BCUT2D eigenvalue weighted by molar-refractivity contribution is -0.132. The van der Waals surface area contributed by atoms with Gasteiger partial charge < -0.3 is 20.3 Å². The minimum atomic E-state index is -0.399. The minimum absolute atomic E-state index is 0.0452. The summed E-state index contributed by atoms with van der Waals surface area (Å²) in [5.74, 6) is 2.21. The summed E-state index contributed by atoms with van der Waals surface area (Å²) >= 11 is 1.71. The molecule has 2 N–H and O–H groups in total. The second-order valence-corrected chi connectivity index (χ2v) is 6.77. The number of hydrogen-bond donors (Lipinski definition) is 1. The first kappa shape index (κ1) is 18.8. The summed E-state index contributed by atoms with van der Waals surface area (Å²) in [6.45, 7) is 7.14. The Labute approximate surface area is 148 Å². The molecule has 134 valence electrons. The molecule has 1 unspecified atom stereocenters. The molecule has 0 aliphatic carbocycles. The Morgan fingerprint density at radius 3 is 2.71 bits per heavy atom. The maximum Gasteiger partial charge on any atom is 0.239 e. The van der Waals surface area contributed by atoms with E-state index >= 15 is 0 Å². The summed E-state index contributed by atoms with van der Waals surface area (Å²) in [6.07, 6.45) is 2.74. The predicted molar refractivity (Wildman–Crippen MR) is 97.7 cm³/mol. The van der Waals surface area contributed by atoms with Gasteiger partial charge in [-0.2, -0.15) is 16.7 Å². The van der Waals surface area contributed by atoms with Gasteiger partial charge in [-0.1, -0.05) is 0 Å². The number of aryl methyl sites for hydroxylation is 1. The fraction of sp³-hybridized carbons (Fsp3) is 0.688. The van der Waals surface area contributed by atoms with Crippen LogP contribution in [-0.4, -0.2) is 71.6 Å². The van der Waals surface area contributed by atoms with Crippen molar-refractivity contribution >= 4 is 23.6 Å². The molecule has 24 heavy (non-hydrogen) atoms. The smallest absolute Gasteiger partial charge is 0.239 e. The number of thioether (sulfide) groups is 1. The molecular formula is C16H27N5O2S. The molecule has 1 aromatic rings. The number of amides is 1. The van der Waals surface area contributed by atoms with Crippen molar-refractivity contribution in [3.8, 4) is 5.88 Å². The Balaban J connectivity index is 1.94. The maximum absolute atomic E-state index is 12.4. The Bertz CT molecular complexity index is 549. The van der Waals surface area contributed by atoms with Crippen molar-refractivity contribution in [2.45, 2.75) is 26.3 Å². The number of nitrogens with two attached hydrogens (primary N) is 1. The zero-order valence-electron chi connectivity index (χ0n) is 14.7. The fourth-order valence-electron chi connectivity index (χ4n) is 2.62. The van der Waals surface area contributed by atoms with Gasteiger partial charge in [-0.05, 0) is 32.3 Å². The largest absolute Gasteiger partial charge is 0.478 e. The zero-order valence-corrected chi connectivity index (χ0v) is 15.5. The molecule has 7 nitrogen and oxygen atoms in total. The molecule has 1 aromatic heterocycles. The Morgan fingerprint density at radius 1 is 1.38 bits per heavy atom. The number of nitrogens with zero attached hydrogens (tertiary/aromatic N) is 4. The third-order valence-electron chi connectivity index (χ3n) is 3.94. The maximum atomic E-state index is 12.4. The highest BCUT2D eigenvalue weighted by Gasteiger charge is 2.26. The van der Waals surface area contributed by atoms with E-state index in [1.54, 1.807) is 11.8 Å². The summed E-state index contributed by atoms with van der Waals surface area (Å²) < 4.78 is 5.49. The number of aromatic nitrogens is 2. The van der Waals surface area contributed by atoms with Crippen molar-refractivity contribution in [2.24, 2.45) is 5.73 Å². The average molecular weight is 353 g/mol. The molecule has 0 saturated carbocycles. The summed E-state index contributed by atoms with van der Waals surface area (Å²) in [4.78, 5) is 25.2. The highest BCUT2D eigenvalue weighted by atomic mass is 32.2. The number of carbonyl (C=O) groups is 1. The van der Waals surface area contributed by atoms with E-state index in [9.17, 15) is 4.79 Å². The fourth-order valence-corrected chi connectivity index (χ4v) is 3.11. The van der Waals surface area contributed by atoms with Crippen LogP contribution in [0.4, 0.5) is 5.95 Å². The van der Waals surface area contributed by atoms with E-state index in [-0.39, 0.29) is 5.91 Å². The van der Waals surface area contributed by atoms with Crippen LogP contribution in [0.1, 0.15) is 19.0 Å². The average Bonchev–Trinajstić information content (AvgIpc) is 2.59. The number of carbonyl (C=O) groups excluding carboxylic acids is 1. The normalized spacial score (nSPS) is 16.2. The van der Waals surface area contributed by atoms with E-state index < -0.39 is 6.04 Å². The van der Waals surface area contributed by atoms with Crippen LogP contribution in [0.5, 0.6) is 5.88 Å². The van der Waals surface area contributed by atoms with Crippen molar-refractivity contribution in [3.05, 3.63) is 11.8 Å².